The molecular weight excluding hydrogens is 260 g/mol. The minimum absolute atomic E-state index is 0.310. The van der Waals surface area contributed by atoms with Crippen molar-refractivity contribution in [2.45, 2.75) is 52.8 Å². The van der Waals surface area contributed by atoms with Gasteiger partial charge < -0.3 is 15.0 Å². The van der Waals surface area contributed by atoms with Crippen molar-refractivity contribution < 1.29 is 4.74 Å². The Labute approximate surface area is 129 Å². The standard InChI is InChI=1S/C18H30N2O/c1-5-17-13-21-15(4)12-20(17)18-9-7-6-8-16(18)11-19-10-14(2)3/h6-9,14-15,17,19H,5,10-13H2,1-4H3. The number of nitrogens with one attached hydrogen (secondary N) is 1. The number of hydrogen-bond donors (Lipinski definition) is 1. The Morgan fingerprint density at radius 2 is 2.10 bits per heavy atom. The van der Waals surface area contributed by atoms with Gasteiger partial charge in [-0.15, -0.1) is 0 Å². The maximum absolute atomic E-state index is 5.83. The van der Waals surface area contributed by atoms with Crippen LogP contribution in [0.3, 0.4) is 0 Å². The monoisotopic (exact) mass is 290 g/mol. The molecule has 3 heteroatoms. The van der Waals surface area contributed by atoms with E-state index in [1.165, 1.54) is 11.3 Å². The lowest BCUT2D eigenvalue weighted by Crippen LogP contribution is -2.49. The number of nitrogens with zero attached hydrogens (tertiary/aromatic N) is 1. The molecule has 0 radical (unpaired) electrons. The molecule has 0 amide bonds. The first-order chi connectivity index (χ1) is 10.1. The molecular formula is C18H30N2O. The molecule has 1 fully saturated rings. The van der Waals surface area contributed by atoms with Crippen LogP contribution in [0.5, 0.6) is 0 Å². The Morgan fingerprint density at radius 3 is 2.81 bits per heavy atom. The Morgan fingerprint density at radius 1 is 1.33 bits per heavy atom. The van der Waals surface area contributed by atoms with Gasteiger partial charge in [-0.25, -0.2) is 0 Å². The number of morpholine rings is 1. The van der Waals surface area contributed by atoms with Gasteiger partial charge in [0, 0.05) is 18.8 Å². The molecule has 0 spiro atoms. The lowest BCUT2D eigenvalue weighted by molar-refractivity contribution is 0.0299. The minimum Gasteiger partial charge on any atom is -0.375 e. The first-order valence-corrected chi connectivity index (χ1v) is 8.28. The highest BCUT2D eigenvalue weighted by Gasteiger charge is 2.26. The van der Waals surface area contributed by atoms with E-state index in [9.17, 15) is 0 Å². The van der Waals surface area contributed by atoms with Crippen LogP contribution in [-0.4, -0.2) is 31.8 Å². The lowest BCUT2D eigenvalue weighted by Gasteiger charge is -2.41. The molecule has 21 heavy (non-hydrogen) atoms. The van der Waals surface area contributed by atoms with Gasteiger partial charge in [-0.1, -0.05) is 39.0 Å². The molecule has 3 nitrogen and oxygen atoms in total. The van der Waals surface area contributed by atoms with Crippen LogP contribution < -0.4 is 10.2 Å². The van der Waals surface area contributed by atoms with Crippen LogP contribution in [0.1, 0.15) is 39.7 Å². The van der Waals surface area contributed by atoms with Gasteiger partial charge in [0.1, 0.15) is 0 Å². The van der Waals surface area contributed by atoms with Gasteiger partial charge in [-0.05, 0) is 37.4 Å². The third-order valence-corrected chi connectivity index (χ3v) is 4.11. The van der Waals surface area contributed by atoms with Crippen LogP contribution in [-0.2, 0) is 11.3 Å². The normalized spacial score (nSPS) is 22.8. The van der Waals surface area contributed by atoms with E-state index in [1.54, 1.807) is 0 Å². The fourth-order valence-electron chi connectivity index (χ4n) is 2.91. The SMILES string of the molecule is CCC1COC(C)CN1c1ccccc1CNCC(C)C. The summed E-state index contributed by atoms with van der Waals surface area (Å²) in [6, 6.07) is 9.28. The summed E-state index contributed by atoms with van der Waals surface area (Å²) in [5, 5.41) is 3.57. The first kappa shape index (κ1) is 16.3. The molecule has 2 unspecified atom stereocenters. The second-order valence-electron chi connectivity index (χ2n) is 6.51. The van der Waals surface area contributed by atoms with E-state index in [2.05, 4.69) is 62.2 Å². The number of benzene rings is 1. The van der Waals surface area contributed by atoms with E-state index in [1.807, 2.05) is 0 Å². The smallest absolute Gasteiger partial charge is 0.0723 e. The summed E-state index contributed by atoms with van der Waals surface area (Å²) >= 11 is 0. The molecule has 2 rings (SSSR count). The topological polar surface area (TPSA) is 24.5 Å². The van der Waals surface area contributed by atoms with Gasteiger partial charge in [0.15, 0.2) is 0 Å². The Hall–Kier alpha value is -1.06. The molecule has 0 aromatic heterocycles. The fourth-order valence-corrected chi connectivity index (χ4v) is 2.91. The summed E-state index contributed by atoms with van der Waals surface area (Å²) in [5.41, 5.74) is 2.77. The van der Waals surface area contributed by atoms with Crippen molar-refractivity contribution >= 4 is 5.69 Å². The van der Waals surface area contributed by atoms with Crippen LogP contribution in [0.2, 0.25) is 0 Å². The van der Waals surface area contributed by atoms with Crippen molar-refractivity contribution in [1.82, 2.24) is 5.32 Å². The molecule has 1 heterocycles. The van der Waals surface area contributed by atoms with Crippen LogP contribution in [0.4, 0.5) is 5.69 Å². The lowest BCUT2D eigenvalue weighted by atomic mass is 10.1. The van der Waals surface area contributed by atoms with E-state index in [0.717, 1.165) is 32.7 Å². The highest BCUT2D eigenvalue weighted by atomic mass is 16.5. The van der Waals surface area contributed by atoms with Gasteiger partial charge >= 0.3 is 0 Å². The van der Waals surface area contributed by atoms with E-state index >= 15 is 0 Å². The van der Waals surface area contributed by atoms with Crippen molar-refractivity contribution in [3.05, 3.63) is 29.8 Å². The fraction of sp³-hybridized carbons (Fsp3) is 0.667. The third-order valence-electron chi connectivity index (χ3n) is 4.11. The second-order valence-corrected chi connectivity index (χ2v) is 6.51. The molecule has 0 bridgehead atoms. The molecule has 118 valence electrons. The minimum atomic E-state index is 0.310. The molecule has 1 saturated heterocycles. The van der Waals surface area contributed by atoms with Crippen LogP contribution in [0.25, 0.3) is 0 Å². The van der Waals surface area contributed by atoms with Gasteiger partial charge in [-0.2, -0.15) is 0 Å². The van der Waals surface area contributed by atoms with Crippen molar-refractivity contribution in [3.63, 3.8) is 0 Å². The van der Waals surface area contributed by atoms with Crippen LogP contribution >= 0.6 is 0 Å². The van der Waals surface area contributed by atoms with E-state index in [4.69, 9.17) is 4.74 Å². The van der Waals surface area contributed by atoms with E-state index < -0.39 is 0 Å². The Balaban J connectivity index is 2.13. The summed E-state index contributed by atoms with van der Waals surface area (Å²) < 4.78 is 5.83. The van der Waals surface area contributed by atoms with Gasteiger partial charge in [0.05, 0.1) is 18.8 Å². The second kappa shape index (κ2) is 7.81. The maximum atomic E-state index is 5.83. The number of hydrogen-bond acceptors (Lipinski definition) is 3. The molecule has 0 aliphatic carbocycles. The van der Waals surface area contributed by atoms with Crippen molar-refractivity contribution in [1.29, 1.82) is 0 Å². The average molecular weight is 290 g/mol. The van der Waals surface area contributed by atoms with Gasteiger partial charge in [-0.3, -0.25) is 0 Å². The van der Waals surface area contributed by atoms with Crippen molar-refractivity contribution in [2.75, 3.05) is 24.6 Å². The Bertz CT molecular complexity index is 433. The summed E-state index contributed by atoms with van der Waals surface area (Å²) in [5.74, 6) is 0.684. The van der Waals surface area contributed by atoms with E-state index in [-0.39, 0.29) is 0 Å². The molecule has 1 aromatic rings. The predicted octanol–water partition coefficient (Wildman–Crippen LogP) is 3.44. The largest absolute Gasteiger partial charge is 0.375 e. The third kappa shape index (κ3) is 4.45. The summed E-state index contributed by atoms with van der Waals surface area (Å²) in [4.78, 5) is 2.54. The zero-order chi connectivity index (χ0) is 15.2. The Kier molecular flexibility index (Phi) is 6.07. The van der Waals surface area contributed by atoms with Gasteiger partial charge in [0.2, 0.25) is 0 Å². The first-order valence-electron chi connectivity index (χ1n) is 8.28. The van der Waals surface area contributed by atoms with Crippen LogP contribution in [0, 0.1) is 5.92 Å². The molecule has 1 aliphatic heterocycles. The maximum Gasteiger partial charge on any atom is 0.0723 e. The molecule has 1 aromatic carbocycles. The predicted molar refractivity (Wildman–Crippen MR) is 89.8 cm³/mol. The van der Waals surface area contributed by atoms with Crippen molar-refractivity contribution in [2.24, 2.45) is 5.92 Å². The molecule has 2 atom stereocenters. The summed E-state index contributed by atoms with van der Waals surface area (Å²) in [6.07, 6.45) is 1.44. The number of anilines is 1. The highest BCUT2D eigenvalue weighted by molar-refractivity contribution is 5.55. The zero-order valence-electron chi connectivity index (χ0n) is 13.9. The van der Waals surface area contributed by atoms with E-state index in [0.29, 0.717) is 18.1 Å². The van der Waals surface area contributed by atoms with Crippen LogP contribution in [0.15, 0.2) is 24.3 Å². The van der Waals surface area contributed by atoms with Crippen molar-refractivity contribution in [3.8, 4) is 0 Å². The average Bonchev–Trinajstić information content (AvgIpc) is 2.47. The summed E-state index contributed by atoms with van der Waals surface area (Å²) in [7, 11) is 0. The molecule has 0 saturated carbocycles. The number of ether oxygens (including phenoxy) is 1. The van der Waals surface area contributed by atoms with Gasteiger partial charge in [0.25, 0.3) is 0 Å². The summed E-state index contributed by atoms with van der Waals surface area (Å²) in [6.45, 7) is 12.7. The quantitative estimate of drug-likeness (QED) is 0.868. The number of para-hydroxylation sites is 1. The zero-order valence-corrected chi connectivity index (χ0v) is 13.9. The highest BCUT2D eigenvalue weighted by Crippen LogP contribution is 2.27. The molecule has 1 N–H and O–H groups in total. The number of rotatable bonds is 6. The molecule has 1 aliphatic rings.